The lowest BCUT2D eigenvalue weighted by molar-refractivity contribution is -0.254. The summed E-state index contributed by atoms with van der Waals surface area (Å²) in [5.74, 6) is 0.615. The summed E-state index contributed by atoms with van der Waals surface area (Å²) in [5, 5.41) is 47.1. The van der Waals surface area contributed by atoms with Gasteiger partial charge in [-0.05, 0) is 12.3 Å². The molecule has 130 valence electrons. The number of aliphatic hydroxyl groups is 4. The van der Waals surface area contributed by atoms with Crippen molar-refractivity contribution < 1.29 is 25.2 Å². The van der Waals surface area contributed by atoms with Gasteiger partial charge in [0.1, 0.15) is 24.4 Å². The van der Waals surface area contributed by atoms with Crippen LogP contribution in [-0.2, 0) is 11.2 Å². The average molecular weight is 327 g/mol. The van der Waals surface area contributed by atoms with Gasteiger partial charge in [-0.15, -0.1) is 5.10 Å². The Bertz CT molecular complexity index is 503. The third kappa shape index (κ3) is 3.56. The van der Waals surface area contributed by atoms with Gasteiger partial charge in [-0.25, -0.2) is 4.68 Å². The molecule has 1 aliphatic carbocycles. The lowest BCUT2D eigenvalue weighted by Crippen LogP contribution is -2.56. The van der Waals surface area contributed by atoms with Gasteiger partial charge in [0, 0.05) is 0 Å². The minimum absolute atomic E-state index is 0.453. The molecule has 2 heterocycles. The first-order chi connectivity index (χ1) is 11.1. The molecule has 2 fully saturated rings. The van der Waals surface area contributed by atoms with Gasteiger partial charge in [-0.2, -0.15) is 0 Å². The standard InChI is InChI=1S/C15H25N3O5/c19-8-11-12(20)13(21)14(22)15(23-11)18-7-10(16-17-18)6-9-4-2-1-3-5-9/h7,9,11-15,19-22H,1-6,8H2/t11-,12-,13+,14-,15-/m1/s1. The molecular weight excluding hydrogens is 302 g/mol. The first kappa shape index (κ1) is 16.8. The Balaban J connectivity index is 1.68. The van der Waals surface area contributed by atoms with Gasteiger partial charge in [-0.3, -0.25) is 0 Å². The van der Waals surface area contributed by atoms with Gasteiger partial charge >= 0.3 is 0 Å². The van der Waals surface area contributed by atoms with Gasteiger partial charge in [0.2, 0.25) is 0 Å². The summed E-state index contributed by atoms with van der Waals surface area (Å²) in [7, 11) is 0. The van der Waals surface area contributed by atoms with Crippen LogP contribution in [0.15, 0.2) is 6.20 Å². The monoisotopic (exact) mass is 327 g/mol. The molecule has 3 rings (SSSR count). The van der Waals surface area contributed by atoms with E-state index in [0.717, 1.165) is 12.1 Å². The molecule has 8 heteroatoms. The topological polar surface area (TPSA) is 121 Å². The molecule has 1 saturated carbocycles. The largest absolute Gasteiger partial charge is 0.394 e. The Kier molecular flexibility index (Phi) is 5.27. The summed E-state index contributed by atoms with van der Waals surface area (Å²) in [6, 6.07) is 0. The van der Waals surface area contributed by atoms with Crippen LogP contribution in [0.1, 0.15) is 44.0 Å². The number of ether oxygens (including phenoxy) is 1. The van der Waals surface area contributed by atoms with Crippen LogP contribution in [-0.4, -0.2) is 66.4 Å². The summed E-state index contributed by atoms with van der Waals surface area (Å²) < 4.78 is 6.83. The molecule has 0 radical (unpaired) electrons. The Morgan fingerprint density at radius 3 is 2.52 bits per heavy atom. The zero-order valence-corrected chi connectivity index (χ0v) is 13.0. The molecule has 1 saturated heterocycles. The van der Waals surface area contributed by atoms with Crippen molar-refractivity contribution in [1.29, 1.82) is 0 Å². The van der Waals surface area contributed by atoms with E-state index in [4.69, 9.17) is 4.74 Å². The van der Waals surface area contributed by atoms with Crippen molar-refractivity contribution in [3.63, 3.8) is 0 Å². The summed E-state index contributed by atoms with van der Waals surface area (Å²) in [5.41, 5.74) is 0.828. The summed E-state index contributed by atoms with van der Waals surface area (Å²) in [6.45, 7) is -0.453. The molecule has 2 aliphatic rings. The molecule has 8 nitrogen and oxygen atoms in total. The first-order valence-corrected chi connectivity index (χ1v) is 8.31. The molecule has 0 amide bonds. The fourth-order valence-electron chi connectivity index (χ4n) is 3.52. The number of hydrogen-bond acceptors (Lipinski definition) is 7. The average Bonchev–Trinajstić information content (AvgIpc) is 3.02. The second kappa shape index (κ2) is 7.23. The summed E-state index contributed by atoms with van der Waals surface area (Å²) in [4.78, 5) is 0. The quantitative estimate of drug-likeness (QED) is 0.581. The van der Waals surface area contributed by atoms with Crippen molar-refractivity contribution in [3.05, 3.63) is 11.9 Å². The predicted octanol–water partition coefficient (Wildman–Crippen LogP) is -0.627. The molecule has 0 spiro atoms. The fourth-order valence-corrected chi connectivity index (χ4v) is 3.52. The molecule has 0 bridgehead atoms. The SMILES string of the molecule is OC[C@H]1O[C@@H](n2cc(CC3CCCCC3)nn2)[C@H](O)[C@@H](O)[C@@H]1O. The second-order valence-electron chi connectivity index (χ2n) is 6.62. The van der Waals surface area contributed by atoms with Crippen molar-refractivity contribution in [2.75, 3.05) is 6.61 Å². The molecular formula is C15H25N3O5. The van der Waals surface area contributed by atoms with Crippen molar-refractivity contribution in [2.24, 2.45) is 5.92 Å². The van der Waals surface area contributed by atoms with E-state index in [2.05, 4.69) is 10.3 Å². The van der Waals surface area contributed by atoms with Crippen molar-refractivity contribution >= 4 is 0 Å². The highest BCUT2D eigenvalue weighted by atomic mass is 16.6. The van der Waals surface area contributed by atoms with Crippen molar-refractivity contribution in [3.8, 4) is 0 Å². The number of aromatic nitrogens is 3. The summed E-state index contributed by atoms with van der Waals surface area (Å²) in [6.07, 6.45) is 2.75. The number of hydrogen-bond donors (Lipinski definition) is 4. The lowest BCUT2D eigenvalue weighted by atomic mass is 9.86. The van der Waals surface area contributed by atoms with Crippen LogP contribution in [0, 0.1) is 5.92 Å². The lowest BCUT2D eigenvalue weighted by Gasteiger charge is -2.39. The van der Waals surface area contributed by atoms with E-state index in [1.54, 1.807) is 6.20 Å². The van der Waals surface area contributed by atoms with Crippen LogP contribution < -0.4 is 0 Å². The Morgan fingerprint density at radius 2 is 1.83 bits per heavy atom. The molecule has 1 aliphatic heterocycles. The van der Waals surface area contributed by atoms with Crippen LogP contribution in [0.3, 0.4) is 0 Å². The summed E-state index contributed by atoms with van der Waals surface area (Å²) >= 11 is 0. The number of nitrogens with zero attached hydrogens (tertiary/aromatic N) is 3. The molecule has 1 aromatic rings. The van der Waals surface area contributed by atoms with E-state index in [-0.39, 0.29) is 0 Å². The second-order valence-corrected chi connectivity index (χ2v) is 6.62. The van der Waals surface area contributed by atoms with E-state index < -0.39 is 37.3 Å². The van der Waals surface area contributed by atoms with E-state index in [1.165, 1.54) is 36.8 Å². The van der Waals surface area contributed by atoms with Crippen LogP contribution >= 0.6 is 0 Å². The minimum atomic E-state index is -1.41. The third-order valence-electron chi connectivity index (χ3n) is 4.91. The van der Waals surface area contributed by atoms with Gasteiger partial charge in [-0.1, -0.05) is 37.3 Å². The Hall–Kier alpha value is -1.06. The molecule has 5 atom stereocenters. The normalized spacial score (nSPS) is 36.3. The zero-order valence-electron chi connectivity index (χ0n) is 13.0. The highest BCUT2D eigenvalue weighted by Crippen LogP contribution is 2.29. The fraction of sp³-hybridized carbons (Fsp3) is 0.867. The molecule has 1 aromatic heterocycles. The third-order valence-corrected chi connectivity index (χ3v) is 4.91. The van der Waals surface area contributed by atoms with E-state index in [0.29, 0.717) is 5.92 Å². The molecule has 0 aromatic carbocycles. The van der Waals surface area contributed by atoms with Crippen LogP contribution in [0.5, 0.6) is 0 Å². The number of aliphatic hydroxyl groups excluding tert-OH is 4. The molecule has 23 heavy (non-hydrogen) atoms. The minimum Gasteiger partial charge on any atom is -0.394 e. The van der Waals surface area contributed by atoms with Crippen LogP contribution in [0.2, 0.25) is 0 Å². The highest BCUT2D eigenvalue weighted by Gasteiger charge is 2.44. The Morgan fingerprint density at radius 1 is 1.09 bits per heavy atom. The maximum Gasteiger partial charge on any atom is 0.180 e. The predicted molar refractivity (Wildman–Crippen MR) is 79.3 cm³/mol. The molecule has 4 N–H and O–H groups in total. The first-order valence-electron chi connectivity index (χ1n) is 8.31. The maximum atomic E-state index is 10.1. The van der Waals surface area contributed by atoms with Gasteiger partial charge in [0.15, 0.2) is 6.23 Å². The number of rotatable bonds is 4. The molecule has 0 unspecified atom stereocenters. The smallest absolute Gasteiger partial charge is 0.180 e. The van der Waals surface area contributed by atoms with E-state index in [9.17, 15) is 20.4 Å². The zero-order chi connectivity index (χ0) is 16.4. The Labute approximate surface area is 134 Å². The maximum absolute atomic E-state index is 10.1. The highest BCUT2D eigenvalue weighted by molar-refractivity contribution is 4.98. The van der Waals surface area contributed by atoms with Crippen LogP contribution in [0.4, 0.5) is 0 Å². The van der Waals surface area contributed by atoms with Gasteiger partial charge < -0.3 is 25.2 Å². The van der Waals surface area contributed by atoms with E-state index >= 15 is 0 Å². The van der Waals surface area contributed by atoms with Crippen molar-refractivity contribution in [2.45, 2.75) is 69.2 Å². The van der Waals surface area contributed by atoms with E-state index in [1.807, 2.05) is 0 Å². The van der Waals surface area contributed by atoms with Gasteiger partial charge in [0.05, 0.1) is 18.5 Å². The van der Waals surface area contributed by atoms with Gasteiger partial charge in [0.25, 0.3) is 0 Å². The van der Waals surface area contributed by atoms with Crippen LogP contribution in [0.25, 0.3) is 0 Å². The van der Waals surface area contributed by atoms with Crippen molar-refractivity contribution in [1.82, 2.24) is 15.0 Å².